The van der Waals surface area contributed by atoms with E-state index in [0.717, 1.165) is 16.9 Å². The van der Waals surface area contributed by atoms with Crippen molar-refractivity contribution in [2.75, 3.05) is 7.11 Å². The van der Waals surface area contributed by atoms with Gasteiger partial charge in [0.2, 0.25) is 5.91 Å². The van der Waals surface area contributed by atoms with Crippen molar-refractivity contribution in [3.8, 4) is 5.75 Å². The van der Waals surface area contributed by atoms with Gasteiger partial charge in [-0.05, 0) is 43.2 Å². The van der Waals surface area contributed by atoms with Crippen LogP contribution >= 0.6 is 0 Å². The van der Waals surface area contributed by atoms with Gasteiger partial charge in [-0.25, -0.2) is 0 Å². The molecule has 0 radical (unpaired) electrons. The molecular formula is C24H25NO3. The number of amides is 1. The molecule has 1 saturated heterocycles. The number of rotatable bonds is 4. The van der Waals surface area contributed by atoms with Gasteiger partial charge in [0.05, 0.1) is 24.6 Å². The molecule has 4 nitrogen and oxygen atoms in total. The van der Waals surface area contributed by atoms with E-state index in [4.69, 9.17) is 4.74 Å². The Labute approximate surface area is 165 Å². The molecule has 1 amide bonds. The fourth-order valence-electron chi connectivity index (χ4n) is 4.67. The van der Waals surface area contributed by atoms with E-state index >= 15 is 0 Å². The zero-order valence-corrected chi connectivity index (χ0v) is 16.5. The van der Waals surface area contributed by atoms with Crippen LogP contribution in [0.15, 0.2) is 66.7 Å². The van der Waals surface area contributed by atoms with Crippen molar-refractivity contribution in [1.29, 1.82) is 0 Å². The molecule has 0 unspecified atom stereocenters. The van der Waals surface area contributed by atoms with Crippen LogP contribution in [-0.4, -0.2) is 23.7 Å². The Kier molecular flexibility index (Phi) is 4.58. The maximum absolute atomic E-state index is 13.5. The first kappa shape index (κ1) is 18.5. The minimum Gasteiger partial charge on any atom is -0.497 e. The van der Waals surface area contributed by atoms with Crippen LogP contribution in [0.4, 0.5) is 0 Å². The number of hydrogen-bond acceptors (Lipinski definition) is 3. The highest BCUT2D eigenvalue weighted by molar-refractivity contribution is 5.95. The largest absolute Gasteiger partial charge is 0.497 e. The lowest BCUT2D eigenvalue weighted by Crippen LogP contribution is -2.44. The molecule has 1 aliphatic carbocycles. The summed E-state index contributed by atoms with van der Waals surface area (Å²) in [6.45, 7) is 4.16. The Bertz CT molecular complexity index is 932. The Morgan fingerprint density at radius 1 is 1.04 bits per heavy atom. The second-order valence-electron chi connectivity index (χ2n) is 8.07. The van der Waals surface area contributed by atoms with Crippen LogP contribution in [0.25, 0.3) is 0 Å². The summed E-state index contributed by atoms with van der Waals surface area (Å²) in [5, 5.41) is 0. The van der Waals surface area contributed by atoms with Gasteiger partial charge in [0.25, 0.3) is 0 Å². The number of ketones is 1. The molecule has 1 heterocycles. The predicted molar refractivity (Wildman–Crippen MR) is 108 cm³/mol. The third-order valence-electron chi connectivity index (χ3n) is 6.11. The van der Waals surface area contributed by atoms with Gasteiger partial charge in [0.1, 0.15) is 5.75 Å². The van der Waals surface area contributed by atoms with Gasteiger partial charge in [0.15, 0.2) is 5.78 Å². The Balaban J connectivity index is 1.86. The van der Waals surface area contributed by atoms with Gasteiger partial charge in [-0.15, -0.1) is 0 Å². The van der Waals surface area contributed by atoms with E-state index in [0.29, 0.717) is 6.42 Å². The molecule has 0 spiro atoms. The number of hydrogen-bond donors (Lipinski definition) is 0. The summed E-state index contributed by atoms with van der Waals surface area (Å²) >= 11 is 0. The highest BCUT2D eigenvalue weighted by atomic mass is 16.5. The first-order valence-electron chi connectivity index (χ1n) is 9.67. The van der Waals surface area contributed by atoms with Crippen LogP contribution in [0.1, 0.15) is 37.4 Å². The van der Waals surface area contributed by atoms with Crippen molar-refractivity contribution in [1.82, 2.24) is 4.90 Å². The van der Waals surface area contributed by atoms with Gasteiger partial charge in [-0.3, -0.25) is 9.59 Å². The molecule has 3 atom stereocenters. The maximum atomic E-state index is 13.5. The molecule has 4 heteroatoms. The quantitative estimate of drug-likeness (QED) is 0.801. The van der Waals surface area contributed by atoms with Gasteiger partial charge in [0, 0.05) is 12.3 Å². The van der Waals surface area contributed by atoms with Crippen molar-refractivity contribution in [2.45, 2.75) is 31.8 Å². The van der Waals surface area contributed by atoms with Gasteiger partial charge >= 0.3 is 0 Å². The fraction of sp³-hybridized carbons (Fsp3) is 0.333. The summed E-state index contributed by atoms with van der Waals surface area (Å²) in [5.74, 6) is 0.581. The number of methoxy groups -OCH3 is 1. The van der Waals surface area contributed by atoms with E-state index in [1.165, 1.54) is 0 Å². The predicted octanol–water partition coefficient (Wildman–Crippen LogP) is 4.28. The monoisotopic (exact) mass is 375 g/mol. The van der Waals surface area contributed by atoms with Crippen molar-refractivity contribution >= 4 is 11.7 Å². The highest BCUT2D eigenvalue weighted by Gasteiger charge is 2.53. The second kappa shape index (κ2) is 6.93. The van der Waals surface area contributed by atoms with Gasteiger partial charge in [-0.2, -0.15) is 0 Å². The molecule has 2 aromatic carbocycles. The molecule has 2 aliphatic rings. The van der Waals surface area contributed by atoms with Crippen LogP contribution in [0.3, 0.4) is 0 Å². The molecule has 0 N–H and O–H groups in total. The average Bonchev–Trinajstić information content (AvgIpc) is 3.01. The lowest BCUT2D eigenvalue weighted by molar-refractivity contribution is -0.136. The van der Waals surface area contributed by atoms with E-state index in [9.17, 15) is 9.59 Å². The fourth-order valence-corrected chi connectivity index (χ4v) is 4.67. The summed E-state index contributed by atoms with van der Waals surface area (Å²) < 4.78 is 5.42. The first-order valence-corrected chi connectivity index (χ1v) is 9.67. The molecule has 1 aliphatic heterocycles. The van der Waals surface area contributed by atoms with Gasteiger partial charge in [-0.1, -0.05) is 48.5 Å². The molecule has 0 aromatic heterocycles. The summed E-state index contributed by atoms with van der Waals surface area (Å²) in [4.78, 5) is 27.7. The van der Waals surface area contributed by atoms with E-state index in [-0.39, 0.29) is 29.6 Å². The molecule has 0 saturated carbocycles. The summed E-state index contributed by atoms with van der Waals surface area (Å²) in [6, 6.07) is 17.7. The number of carbonyl (C=O) groups is 2. The average molecular weight is 375 g/mol. The lowest BCUT2D eigenvalue weighted by Gasteiger charge is -2.42. The van der Waals surface area contributed by atoms with E-state index in [2.05, 4.69) is 26.0 Å². The number of benzene rings is 2. The second-order valence-corrected chi connectivity index (χ2v) is 8.07. The summed E-state index contributed by atoms with van der Waals surface area (Å²) in [7, 11) is 1.64. The topological polar surface area (TPSA) is 46.6 Å². The third-order valence-corrected chi connectivity index (χ3v) is 6.11. The Morgan fingerprint density at radius 3 is 2.50 bits per heavy atom. The molecule has 0 bridgehead atoms. The van der Waals surface area contributed by atoms with Crippen molar-refractivity contribution in [3.05, 3.63) is 77.9 Å². The Hall–Kier alpha value is -2.88. The van der Waals surface area contributed by atoms with Crippen LogP contribution in [0.5, 0.6) is 5.75 Å². The maximum Gasteiger partial charge on any atom is 0.231 e. The Morgan fingerprint density at radius 2 is 1.79 bits per heavy atom. The number of likely N-dealkylation sites (tertiary alicyclic amines) is 1. The van der Waals surface area contributed by atoms with Crippen LogP contribution in [0.2, 0.25) is 0 Å². The summed E-state index contributed by atoms with van der Waals surface area (Å²) in [6.07, 6.45) is 3.75. The SMILES string of the molecule is COc1cccc([C@@H]2[C@H]3CC(=O)C=C[C@H]3C(=O)N2C(C)(C)c2ccccc2)c1. The normalized spacial score (nSPS) is 24.4. The number of nitrogens with zero attached hydrogens (tertiary/aromatic N) is 1. The smallest absolute Gasteiger partial charge is 0.231 e. The molecule has 144 valence electrons. The molecular weight excluding hydrogens is 350 g/mol. The number of carbonyl (C=O) groups excluding carboxylic acids is 2. The lowest BCUT2D eigenvalue weighted by atomic mass is 9.79. The van der Waals surface area contributed by atoms with Crippen LogP contribution < -0.4 is 4.74 Å². The van der Waals surface area contributed by atoms with E-state index in [1.54, 1.807) is 19.3 Å². The molecule has 2 aromatic rings. The van der Waals surface area contributed by atoms with Gasteiger partial charge < -0.3 is 9.64 Å². The molecule has 28 heavy (non-hydrogen) atoms. The standard InChI is InChI=1S/C24H25NO3/c1-24(2,17-9-5-4-6-10-17)25-22(16-8-7-11-19(14-16)28-3)21-15-18(26)12-13-20(21)23(25)27/h4-14,20-22H,15H2,1-3H3/t20-,21+,22-/m1/s1. The zero-order valence-electron chi connectivity index (χ0n) is 16.5. The number of fused-ring (bicyclic) bond motifs is 1. The summed E-state index contributed by atoms with van der Waals surface area (Å²) in [5.41, 5.74) is 1.57. The van der Waals surface area contributed by atoms with Crippen LogP contribution in [-0.2, 0) is 15.1 Å². The first-order chi connectivity index (χ1) is 13.4. The van der Waals surface area contributed by atoms with Crippen molar-refractivity contribution < 1.29 is 14.3 Å². The van der Waals surface area contributed by atoms with Crippen molar-refractivity contribution in [3.63, 3.8) is 0 Å². The van der Waals surface area contributed by atoms with Crippen molar-refractivity contribution in [2.24, 2.45) is 11.8 Å². The number of ether oxygens (including phenoxy) is 1. The van der Waals surface area contributed by atoms with E-state index < -0.39 is 5.54 Å². The van der Waals surface area contributed by atoms with E-state index in [1.807, 2.05) is 47.4 Å². The molecule has 4 rings (SSSR count). The molecule has 1 fully saturated rings. The van der Waals surface area contributed by atoms with Crippen LogP contribution in [0, 0.1) is 11.8 Å². The minimum atomic E-state index is -0.514. The number of allylic oxidation sites excluding steroid dienone is 1. The third kappa shape index (κ3) is 2.93. The zero-order chi connectivity index (χ0) is 19.9. The highest BCUT2D eigenvalue weighted by Crippen LogP contribution is 2.51. The minimum absolute atomic E-state index is 0.0694.